The minimum atomic E-state index is -0.595. The predicted octanol–water partition coefficient (Wildman–Crippen LogP) is 3.99. The number of rotatable bonds is 8. The van der Waals surface area contributed by atoms with Crippen molar-refractivity contribution >= 4 is 23.6 Å². The molecule has 0 radical (unpaired) electrons. The number of nitrogens with zero attached hydrogens (tertiary/aromatic N) is 1. The third-order valence-corrected chi connectivity index (χ3v) is 5.78. The number of Topliss-reactive ketones (excluding diaryl/α,β-unsaturated/α-hetero) is 1. The minimum Gasteiger partial charge on any atom is -0.457 e. The van der Waals surface area contributed by atoms with Gasteiger partial charge in [-0.05, 0) is 48.9 Å². The third kappa shape index (κ3) is 6.20. The molecule has 178 valence electrons. The molecular weight excluding hydrogens is 446 g/mol. The summed E-state index contributed by atoms with van der Waals surface area (Å²) in [6, 6.07) is 22.6. The molecule has 0 aromatic heterocycles. The number of carbonyl (C=O) groups excluding carboxylic acids is 4. The molecule has 1 aliphatic heterocycles. The van der Waals surface area contributed by atoms with Crippen LogP contribution in [0.15, 0.2) is 78.9 Å². The van der Waals surface area contributed by atoms with Crippen LogP contribution >= 0.6 is 0 Å². The molecule has 4 rings (SSSR count). The number of esters is 2. The summed E-state index contributed by atoms with van der Waals surface area (Å²) in [7, 11) is 0. The number of hydrogen-bond acceptors (Lipinski definition) is 6. The van der Waals surface area contributed by atoms with Crippen molar-refractivity contribution in [1.82, 2.24) is 4.90 Å². The first-order valence-corrected chi connectivity index (χ1v) is 11.3. The number of ketones is 1. The van der Waals surface area contributed by atoms with Gasteiger partial charge in [-0.2, -0.15) is 0 Å². The predicted molar refractivity (Wildman–Crippen MR) is 128 cm³/mol. The molecule has 3 aromatic rings. The molecule has 0 bridgehead atoms. The van der Waals surface area contributed by atoms with Crippen molar-refractivity contribution in [3.63, 3.8) is 0 Å². The van der Waals surface area contributed by atoms with E-state index in [-0.39, 0.29) is 24.7 Å². The fourth-order valence-electron chi connectivity index (χ4n) is 3.79. The first-order chi connectivity index (χ1) is 16.9. The summed E-state index contributed by atoms with van der Waals surface area (Å²) in [5, 5.41) is 0. The van der Waals surface area contributed by atoms with Crippen molar-refractivity contribution in [2.45, 2.75) is 19.9 Å². The molecule has 1 heterocycles. The highest BCUT2D eigenvalue weighted by molar-refractivity contribution is 5.98. The topological polar surface area (TPSA) is 90.0 Å². The van der Waals surface area contributed by atoms with Gasteiger partial charge in [0.15, 0.2) is 12.4 Å². The lowest BCUT2D eigenvalue weighted by Crippen LogP contribution is -2.27. The Balaban J connectivity index is 1.26. The lowest BCUT2D eigenvalue weighted by Gasteiger charge is -2.16. The maximum atomic E-state index is 12.5. The van der Waals surface area contributed by atoms with E-state index in [9.17, 15) is 19.2 Å². The van der Waals surface area contributed by atoms with Crippen LogP contribution in [0, 0.1) is 12.8 Å². The van der Waals surface area contributed by atoms with Crippen molar-refractivity contribution in [3.8, 4) is 5.75 Å². The molecule has 0 spiro atoms. The molecule has 0 saturated carbocycles. The SMILES string of the molecule is Cc1ccc(C(=O)Oc2ccc(C(=O)COC(=O)[C@@H]3CC(=O)N(Cc4ccccc4)C3)cc2)cc1. The zero-order valence-corrected chi connectivity index (χ0v) is 19.3. The largest absolute Gasteiger partial charge is 0.457 e. The van der Waals surface area contributed by atoms with Gasteiger partial charge in [0.25, 0.3) is 0 Å². The molecule has 35 heavy (non-hydrogen) atoms. The Bertz CT molecular complexity index is 1220. The second kappa shape index (κ2) is 10.8. The van der Waals surface area contributed by atoms with Crippen molar-refractivity contribution in [1.29, 1.82) is 0 Å². The molecule has 0 unspecified atom stereocenters. The van der Waals surface area contributed by atoms with E-state index in [1.807, 2.05) is 49.4 Å². The summed E-state index contributed by atoms with van der Waals surface area (Å²) in [6.07, 6.45) is 0.0703. The first kappa shape index (κ1) is 23.9. The van der Waals surface area contributed by atoms with Crippen molar-refractivity contribution in [3.05, 3.63) is 101 Å². The molecule has 7 heteroatoms. The van der Waals surface area contributed by atoms with Gasteiger partial charge in [-0.1, -0.05) is 48.0 Å². The van der Waals surface area contributed by atoms with E-state index in [4.69, 9.17) is 9.47 Å². The second-order valence-electron chi connectivity index (χ2n) is 8.47. The fourth-order valence-corrected chi connectivity index (χ4v) is 3.79. The van der Waals surface area contributed by atoms with E-state index < -0.39 is 24.5 Å². The van der Waals surface area contributed by atoms with E-state index in [2.05, 4.69) is 0 Å². The van der Waals surface area contributed by atoms with Crippen LogP contribution in [-0.2, 0) is 20.9 Å². The molecule has 1 aliphatic rings. The smallest absolute Gasteiger partial charge is 0.343 e. The number of benzene rings is 3. The van der Waals surface area contributed by atoms with E-state index in [1.165, 1.54) is 24.3 Å². The maximum Gasteiger partial charge on any atom is 0.343 e. The first-order valence-electron chi connectivity index (χ1n) is 11.3. The molecular formula is C28H25NO6. The van der Waals surface area contributed by atoms with Crippen molar-refractivity contribution in [2.24, 2.45) is 5.92 Å². The van der Waals surface area contributed by atoms with Gasteiger partial charge in [-0.25, -0.2) is 4.79 Å². The lowest BCUT2D eigenvalue weighted by atomic mass is 10.1. The van der Waals surface area contributed by atoms with E-state index in [1.54, 1.807) is 17.0 Å². The highest BCUT2D eigenvalue weighted by Gasteiger charge is 2.35. The van der Waals surface area contributed by atoms with Gasteiger partial charge in [0, 0.05) is 25.1 Å². The Morgan fingerprint density at radius 1 is 0.886 bits per heavy atom. The highest BCUT2D eigenvalue weighted by atomic mass is 16.5. The van der Waals surface area contributed by atoms with Crippen LogP contribution in [0.25, 0.3) is 0 Å². The van der Waals surface area contributed by atoms with E-state index >= 15 is 0 Å². The van der Waals surface area contributed by atoms with Gasteiger partial charge in [-0.15, -0.1) is 0 Å². The van der Waals surface area contributed by atoms with Crippen LogP contribution in [0.3, 0.4) is 0 Å². The van der Waals surface area contributed by atoms with Crippen LogP contribution in [0.2, 0.25) is 0 Å². The summed E-state index contributed by atoms with van der Waals surface area (Å²) < 4.78 is 10.5. The normalized spacial score (nSPS) is 15.1. The molecule has 3 aromatic carbocycles. The van der Waals surface area contributed by atoms with Crippen LogP contribution in [0.4, 0.5) is 0 Å². The number of carbonyl (C=O) groups is 4. The zero-order chi connectivity index (χ0) is 24.8. The lowest BCUT2D eigenvalue weighted by molar-refractivity contribution is -0.147. The Morgan fingerprint density at radius 2 is 1.54 bits per heavy atom. The molecule has 0 N–H and O–H groups in total. The van der Waals surface area contributed by atoms with Crippen LogP contribution < -0.4 is 4.74 Å². The van der Waals surface area contributed by atoms with Crippen LogP contribution in [-0.4, -0.2) is 41.7 Å². The highest BCUT2D eigenvalue weighted by Crippen LogP contribution is 2.22. The summed E-state index contributed by atoms with van der Waals surface area (Å²) in [4.78, 5) is 51.0. The average molecular weight is 472 g/mol. The van der Waals surface area contributed by atoms with Gasteiger partial charge >= 0.3 is 11.9 Å². The molecule has 1 atom stereocenters. The summed E-state index contributed by atoms with van der Waals surface area (Å²) >= 11 is 0. The number of amides is 1. The Kier molecular flexibility index (Phi) is 7.35. The molecule has 0 aliphatic carbocycles. The van der Waals surface area contributed by atoms with E-state index in [0.29, 0.717) is 23.4 Å². The Morgan fingerprint density at radius 3 is 2.23 bits per heavy atom. The van der Waals surface area contributed by atoms with Crippen molar-refractivity contribution in [2.75, 3.05) is 13.2 Å². The standard InChI is InChI=1S/C28H25NO6/c1-19-7-9-22(10-8-19)28(33)35-24-13-11-21(12-14-24)25(30)18-34-27(32)23-15-26(31)29(17-23)16-20-5-3-2-4-6-20/h2-14,23H,15-18H2,1H3/t23-/m1/s1. The summed E-state index contributed by atoms with van der Waals surface area (Å²) in [5.74, 6) is -1.86. The summed E-state index contributed by atoms with van der Waals surface area (Å²) in [6.45, 7) is 2.20. The van der Waals surface area contributed by atoms with Gasteiger partial charge in [0.05, 0.1) is 11.5 Å². The van der Waals surface area contributed by atoms with Crippen LogP contribution in [0.1, 0.15) is 38.3 Å². The molecule has 1 saturated heterocycles. The monoisotopic (exact) mass is 471 g/mol. The third-order valence-electron chi connectivity index (χ3n) is 5.78. The summed E-state index contributed by atoms with van der Waals surface area (Å²) in [5.41, 5.74) is 2.77. The molecule has 1 fully saturated rings. The van der Waals surface area contributed by atoms with Crippen molar-refractivity contribution < 1.29 is 28.7 Å². The Hall–Kier alpha value is -4.26. The average Bonchev–Trinajstić information content (AvgIpc) is 3.23. The number of aryl methyl sites for hydroxylation is 1. The molecule has 7 nitrogen and oxygen atoms in total. The van der Waals surface area contributed by atoms with Gasteiger partial charge in [-0.3, -0.25) is 14.4 Å². The number of ether oxygens (including phenoxy) is 2. The maximum absolute atomic E-state index is 12.5. The zero-order valence-electron chi connectivity index (χ0n) is 19.3. The second-order valence-corrected chi connectivity index (χ2v) is 8.47. The Labute approximate surface area is 203 Å². The number of likely N-dealkylation sites (tertiary alicyclic amines) is 1. The minimum absolute atomic E-state index is 0.0703. The quantitative estimate of drug-likeness (QED) is 0.280. The van der Waals surface area contributed by atoms with Crippen LogP contribution in [0.5, 0.6) is 5.75 Å². The van der Waals surface area contributed by atoms with E-state index in [0.717, 1.165) is 11.1 Å². The molecule has 1 amide bonds. The fraction of sp³-hybridized carbons (Fsp3) is 0.214. The van der Waals surface area contributed by atoms with Gasteiger partial charge in [0.2, 0.25) is 5.91 Å². The number of hydrogen-bond donors (Lipinski definition) is 0. The van der Waals surface area contributed by atoms with Gasteiger partial charge in [0.1, 0.15) is 5.75 Å². The van der Waals surface area contributed by atoms with Gasteiger partial charge < -0.3 is 14.4 Å².